The smallest absolute Gasteiger partial charge is 0.147 e. The maximum absolute atomic E-state index is 4.56. The molecule has 3 heterocycles. The molecule has 2 aliphatic rings. The zero-order valence-electron chi connectivity index (χ0n) is 12.1. The van der Waals surface area contributed by atoms with E-state index in [-0.39, 0.29) is 6.04 Å². The standard InChI is InChI=1S/C18H16N4/c1-2-5-15(6-3-1)14-21-12-4-7-18-20-13-17(22(18)21)16-8-10-19-11-9-16/h1-13,17H,14H2. The van der Waals surface area contributed by atoms with Gasteiger partial charge in [0.2, 0.25) is 0 Å². The number of fused-ring (bicyclic) bond motifs is 1. The van der Waals surface area contributed by atoms with Crippen LogP contribution in [0.3, 0.4) is 0 Å². The summed E-state index contributed by atoms with van der Waals surface area (Å²) in [5, 5.41) is 4.44. The third-order valence-electron chi connectivity index (χ3n) is 3.86. The lowest BCUT2D eigenvalue weighted by molar-refractivity contribution is 0.0370. The number of hydrogen-bond donors (Lipinski definition) is 0. The topological polar surface area (TPSA) is 31.7 Å². The Morgan fingerprint density at radius 2 is 1.82 bits per heavy atom. The summed E-state index contributed by atoms with van der Waals surface area (Å²) in [4.78, 5) is 8.66. The Hall–Kier alpha value is -2.88. The summed E-state index contributed by atoms with van der Waals surface area (Å²) in [6.45, 7) is 0.819. The molecule has 0 saturated carbocycles. The molecular weight excluding hydrogens is 272 g/mol. The zero-order valence-corrected chi connectivity index (χ0v) is 12.1. The van der Waals surface area contributed by atoms with Crippen LogP contribution < -0.4 is 0 Å². The highest BCUT2D eigenvalue weighted by Crippen LogP contribution is 2.33. The lowest BCUT2D eigenvalue weighted by Gasteiger charge is -2.38. The molecule has 4 nitrogen and oxygen atoms in total. The van der Waals surface area contributed by atoms with E-state index in [4.69, 9.17) is 0 Å². The van der Waals surface area contributed by atoms with E-state index < -0.39 is 0 Å². The van der Waals surface area contributed by atoms with Gasteiger partial charge in [0.15, 0.2) is 0 Å². The summed E-state index contributed by atoms with van der Waals surface area (Å²) in [5.74, 6) is 0.972. The molecule has 1 aromatic heterocycles. The highest BCUT2D eigenvalue weighted by atomic mass is 15.7. The molecule has 2 aromatic rings. The van der Waals surface area contributed by atoms with Crippen molar-refractivity contribution >= 4 is 6.21 Å². The van der Waals surface area contributed by atoms with E-state index in [9.17, 15) is 0 Å². The summed E-state index contributed by atoms with van der Waals surface area (Å²) in [7, 11) is 0. The van der Waals surface area contributed by atoms with E-state index in [1.165, 1.54) is 11.1 Å². The van der Waals surface area contributed by atoms with Gasteiger partial charge in [-0.15, -0.1) is 0 Å². The van der Waals surface area contributed by atoms with E-state index in [0.717, 1.165) is 12.4 Å². The lowest BCUT2D eigenvalue weighted by atomic mass is 10.1. The summed E-state index contributed by atoms with van der Waals surface area (Å²) in [6, 6.07) is 14.7. The Morgan fingerprint density at radius 1 is 1.00 bits per heavy atom. The summed E-state index contributed by atoms with van der Waals surface area (Å²) in [5.41, 5.74) is 2.46. The van der Waals surface area contributed by atoms with Gasteiger partial charge in [0.1, 0.15) is 11.9 Å². The van der Waals surface area contributed by atoms with E-state index in [2.05, 4.69) is 50.5 Å². The highest BCUT2D eigenvalue weighted by molar-refractivity contribution is 5.71. The average molecular weight is 288 g/mol. The average Bonchev–Trinajstić information content (AvgIpc) is 3.02. The monoisotopic (exact) mass is 288 g/mol. The zero-order chi connectivity index (χ0) is 14.8. The summed E-state index contributed by atoms with van der Waals surface area (Å²) in [6.07, 6.45) is 11.8. The maximum Gasteiger partial charge on any atom is 0.147 e. The molecule has 1 atom stereocenters. The SMILES string of the molecule is C1=CN(Cc2ccccc2)N2C(=C1)N=CC2c1ccncc1. The molecule has 0 radical (unpaired) electrons. The molecule has 4 rings (SSSR count). The fraction of sp³-hybridized carbons (Fsp3) is 0.111. The van der Waals surface area contributed by atoms with Crippen LogP contribution in [-0.4, -0.2) is 21.2 Å². The predicted molar refractivity (Wildman–Crippen MR) is 86.5 cm³/mol. The first kappa shape index (κ1) is 12.8. The van der Waals surface area contributed by atoms with Crippen LogP contribution in [0.4, 0.5) is 0 Å². The largest absolute Gasteiger partial charge is 0.286 e. The number of benzene rings is 1. The van der Waals surface area contributed by atoms with E-state index in [1.807, 2.05) is 49.0 Å². The molecule has 0 fully saturated rings. The van der Waals surface area contributed by atoms with Gasteiger partial charge in [-0.1, -0.05) is 30.3 Å². The Kier molecular flexibility index (Phi) is 3.20. The van der Waals surface area contributed by atoms with Gasteiger partial charge in [0, 0.05) is 24.8 Å². The number of hydrogen-bond acceptors (Lipinski definition) is 4. The lowest BCUT2D eigenvalue weighted by Crippen LogP contribution is -2.39. The van der Waals surface area contributed by atoms with Crippen LogP contribution in [0, 0.1) is 0 Å². The molecule has 0 bridgehead atoms. The normalized spacial score (nSPS) is 19.3. The Morgan fingerprint density at radius 3 is 2.64 bits per heavy atom. The number of rotatable bonds is 3. The van der Waals surface area contributed by atoms with Crippen molar-refractivity contribution in [1.29, 1.82) is 0 Å². The van der Waals surface area contributed by atoms with Gasteiger partial charge in [0.25, 0.3) is 0 Å². The first-order valence-corrected chi connectivity index (χ1v) is 7.34. The highest BCUT2D eigenvalue weighted by Gasteiger charge is 2.31. The van der Waals surface area contributed by atoms with Gasteiger partial charge in [-0.3, -0.25) is 15.0 Å². The number of pyridine rings is 1. The molecule has 0 saturated heterocycles. The van der Waals surface area contributed by atoms with Crippen molar-refractivity contribution < 1.29 is 0 Å². The molecule has 22 heavy (non-hydrogen) atoms. The molecular formula is C18H16N4. The number of hydrazine groups is 1. The molecule has 0 aliphatic carbocycles. The second-order valence-electron chi connectivity index (χ2n) is 5.30. The van der Waals surface area contributed by atoms with Gasteiger partial charge >= 0.3 is 0 Å². The predicted octanol–water partition coefficient (Wildman–Crippen LogP) is 3.30. The number of aliphatic imine (C=N–C) groups is 1. The van der Waals surface area contributed by atoms with Crippen molar-refractivity contribution in [2.24, 2.45) is 4.99 Å². The minimum atomic E-state index is 0.114. The van der Waals surface area contributed by atoms with E-state index in [0.29, 0.717) is 0 Å². The van der Waals surface area contributed by atoms with Crippen LogP contribution in [0.5, 0.6) is 0 Å². The van der Waals surface area contributed by atoms with Crippen LogP contribution in [0.2, 0.25) is 0 Å². The number of aromatic nitrogens is 1. The maximum atomic E-state index is 4.56. The molecule has 0 N–H and O–H groups in total. The molecule has 0 spiro atoms. The van der Waals surface area contributed by atoms with Gasteiger partial charge in [0.05, 0.1) is 6.54 Å². The van der Waals surface area contributed by atoms with Crippen molar-refractivity contribution in [2.45, 2.75) is 12.6 Å². The van der Waals surface area contributed by atoms with Crippen molar-refractivity contribution in [1.82, 2.24) is 15.0 Å². The minimum Gasteiger partial charge on any atom is -0.286 e. The van der Waals surface area contributed by atoms with Crippen molar-refractivity contribution in [3.8, 4) is 0 Å². The van der Waals surface area contributed by atoms with Crippen LogP contribution in [0.1, 0.15) is 17.2 Å². The molecule has 1 unspecified atom stereocenters. The summed E-state index contributed by atoms with van der Waals surface area (Å²) >= 11 is 0. The van der Waals surface area contributed by atoms with Crippen LogP contribution >= 0.6 is 0 Å². The Labute approximate surface area is 129 Å². The molecule has 2 aliphatic heterocycles. The van der Waals surface area contributed by atoms with Crippen LogP contribution in [0.15, 0.2) is 84.0 Å². The van der Waals surface area contributed by atoms with Crippen molar-refractivity contribution in [3.05, 3.63) is 90.2 Å². The molecule has 0 amide bonds. The quantitative estimate of drug-likeness (QED) is 0.868. The Bertz CT molecular complexity index is 734. The van der Waals surface area contributed by atoms with Crippen LogP contribution in [-0.2, 0) is 6.54 Å². The second kappa shape index (κ2) is 5.48. The molecule has 1 aromatic carbocycles. The van der Waals surface area contributed by atoms with E-state index in [1.54, 1.807) is 0 Å². The first-order chi connectivity index (χ1) is 10.9. The van der Waals surface area contributed by atoms with Gasteiger partial charge in [-0.25, -0.2) is 4.99 Å². The van der Waals surface area contributed by atoms with Gasteiger partial charge in [-0.05, 0) is 35.4 Å². The molecule has 108 valence electrons. The van der Waals surface area contributed by atoms with Gasteiger partial charge < -0.3 is 0 Å². The number of allylic oxidation sites excluding steroid dienone is 2. The third-order valence-corrected chi connectivity index (χ3v) is 3.86. The fourth-order valence-corrected chi connectivity index (χ4v) is 2.81. The fourth-order valence-electron chi connectivity index (χ4n) is 2.81. The van der Waals surface area contributed by atoms with Crippen LogP contribution in [0.25, 0.3) is 0 Å². The molecule has 4 heteroatoms. The Balaban J connectivity index is 1.63. The van der Waals surface area contributed by atoms with Crippen molar-refractivity contribution in [2.75, 3.05) is 0 Å². The van der Waals surface area contributed by atoms with E-state index >= 15 is 0 Å². The number of nitrogens with zero attached hydrogens (tertiary/aromatic N) is 4. The van der Waals surface area contributed by atoms with Gasteiger partial charge in [-0.2, -0.15) is 0 Å². The minimum absolute atomic E-state index is 0.114. The first-order valence-electron chi connectivity index (χ1n) is 7.34. The van der Waals surface area contributed by atoms with Crippen molar-refractivity contribution in [3.63, 3.8) is 0 Å². The second-order valence-corrected chi connectivity index (χ2v) is 5.30. The third kappa shape index (κ3) is 2.29. The summed E-state index contributed by atoms with van der Waals surface area (Å²) < 4.78 is 0.